The third kappa shape index (κ3) is 1.31. The summed E-state index contributed by atoms with van der Waals surface area (Å²) in [5, 5.41) is 4.14. The van der Waals surface area contributed by atoms with E-state index in [0.717, 1.165) is 5.52 Å². The van der Waals surface area contributed by atoms with Crippen LogP contribution < -0.4 is 0 Å². The summed E-state index contributed by atoms with van der Waals surface area (Å²) in [4.78, 5) is 11.8. The molecular weight excluding hydrogens is 176 g/mol. The van der Waals surface area contributed by atoms with E-state index in [4.69, 9.17) is 0 Å². The summed E-state index contributed by atoms with van der Waals surface area (Å²) in [6, 6.07) is 7.52. The second-order valence-corrected chi connectivity index (χ2v) is 3.60. The van der Waals surface area contributed by atoms with Crippen LogP contribution in [-0.2, 0) is 0 Å². The first-order valence-corrected chi connectivity index (χ1v) is 4.67. The Labute approximate surface area is 82.4 Å². The molecule has 0 fully saturated rings. The number of aromatic nitrogens is 2. The van der Waals surface area contributed by atoms with Crippen molar-refractivity contribution in [3.05, 3.63) is 36.2 Å². The molecule has 0 unspecified atom stereocenters. The first-order valence-electron chi connectivity index (χ1n) is 4.67. The van der Waals surface area contributed by atoms with Crippen LogP contribution in [0, 0.1) is 5.92 Å². The average molecular weight is 188 g/mol. The van der Waals surface area contributed by atoms with Crippen molar-refractivity contribution < 1.29 is 4.79 Å². The van der Waals surface area contributed by atoms with Crippen molar-refractivity contribution in [1.82, 2.24) is 9.61 Å². The van der Waals surface area contributed by atoms with Crippen LogP contribution in [0.5, 0.6) is 0 Å². The van der Waals surface area contributed by atoms with Crippen LogP contribution in [0.4, 0.5) is 0 Å². The van der Waals surface area contributed by atoms with E-state index in [9.17, 15) is 4.79 Å². The number of nitrogens with zero attached hydrogens (tertiary/aromatic N) is 2. The summed E-state index contributed by atoms with van der Waals surface area (Å²) < 4.78 is 1.68. The van der Waals surface area contributed by atoms with Crippen LogP contribution >= 0.6 is 0 Å². The first kappa shape index (κ1) is 8.94. The predicted molar refractivity (Wildman–Crippen MR) is 54.4 cm³/mol. The molecule has 0 amide bonds. The summed E-state index contributed by atoms with van der Waals surface area (Å²) in [5.41, 5.74) is 1.62. The van der Waals surface area contributed by atoms with Crippen LogP contribution in [0.1, 0.15) is 24.3 Å². The molecule has 0 saturated heterocycles. The quantitative estimate of drug-likeness (QED) is 0.677. The third-order valence-electron chi connectivity index (χ3n) is 2.20. The van der Waals surface area contributed by atoms with Gasteiger partial charge in [0.2, 0.25) is 0 Å². The van der Waals surface area contributed by atoms with Crippen molar-refractivity contribution in [3.63, 3.8) is 0 Å². The Hall–Kier alpha value is -1.64. The van der Waals surface area contributed by atoms with Crippen molar-refractivity contribution in [2.45, 2.75) is 13.8 Å². The molecule has 0 aliphatic carbocycles. The molecule has 72 valence electrons. The lowest BCUT2D eigenvalue weighted by molar-refractivity contribution is 0.0932. The standard InChI is InChI=1S/C11H12N2O/c1-8(2)11(14)10-6-5-9-4-3-7-12-13(9)10/h3-8H,1-2H3. The molecular formula is C11H12N2O. The fourth-order valence-electron chi connectivity index (χ4n) is 1.43. The van der Waals surface area contributed by atoms with Gasteiger partial charge < -0.3 is 0 Å². The molecule has 3 heteroatoms. The number of carbonyl (C=O) groups excluding carboxylic acids is 1. The molecule has 2 rings (SSSR count). The topological polar surface area (TPSA) is 34.4 Å². The van der Waals surface area contributed by atoms with Crippen LogP contribution in [0.15, 0.2) is 30.5 Å². The van der Waals surface area contributed by atoms with Gasteiger partial charge in [-0.15, -0.1) is 0 Å². The zero-order chi connectivity index (χ0) is 10.1. The zero-order valence-electron chi connectivity index (χ0n) is 8.27. The van der Waals surface area contributed by atoms with Gasteiger partial charge in [-0.1, -0.05) is 13.8 Å². The highest BCUT2D eigenvalue weighted by Gasteiger charge is 2.14. The molecule has 2 heterocycles. The van der Waals surface area contributed by atoms with Crippen molar-refractivity contribution in [2.24, 2.45) is 5.92 Å². The van der Waals surface area contributed by atoms with Crippen molar-refractivity contribution in [3.8, 4) is 0 Å². The molecule has 0 aliphatic rings. The van der Waals surface area contributed by atoms with Gasteiger partial charge in [0, 0.05) is 12.1 Å². The van der Waals surface area contributed by atoms with Gasteiger partial charge in [-0.05, 0) is 24.3 Å². The number of ketones is 1. The molecule has 3 nitrogen and oxygen atoms in total. The number of rotatable bonds is 2. The summed E-state index contributed by atoms with van der Waals surface area (Å²) in [7, 11) is 0. The van der Waals surface area contributed by atoms with E-state index in [-0.39, 0.29) is 11.7 Å². The maximum Gasteiger partial charge on any atom is 0.183 e. The highest BCUT2D eigenvalue weighted by molar-refractivity contribution is 5.96. The Morgan fingerprint density at radius 1 is 1.36 bits per heavy atom. The largest absolute Gasteiger partial charge is 0.292 e. The first-order chi connectivity index (χ1) is 6.70. The summed E-state index contributed by atoms with van der Waals surface area (Å²) in [6.45, 7) is 3.79. The lowest BCUT2D eigenvalue weighted by Gasteiger charge is -2.03. The minimum Gasteiger partial charge on any atom is -0.292 e. The summed E-state index contributed by atoms with van der Waals surface area (Å²) in [5.74, 6) is 0.138. The molecule has 0 saturated carbocycles. The van der Waals surface area contributed by atoms with Gasteiger partial charge in [0.05, 0.1) is 5.52 Å². The molecule has 0 aliphatic heterocycles. The highest BCUT2D eigenvalue weighted by atomic mass is 16.1. The Morgan fingerprint density at radius 3 is 2.86 bits per heavy atom. The predicted octanol–water partition coefficient (Wildman–Crippen LogP) is 2.17. The van der Waals surface area contributed by atoms with E-state index in [1.807, 2.05) is 38.1 Å². The van der Waals surface area contributed by atoms with Crippen LogP contribution in [-0.4, -0.2) is 15.4 Å². The van der Waals surface area contributed by atoms with Gasteiger partial charge in [0.1, 0.15) is 5.69 Å². The van der Waals surface area contributed by atoms with Gasteiger partial charge in [0.15, 0.2) is 5.78 Å². The number of carbonyl (C=O) groups is 1. The second-order valence-electron chi connectivity index (χ2n) is 3.60. The van der Waals surface area contributed by atoms with Gasteiger partial charge in [0.25, 0.3) is 0 Å². The van der Waals surface area contributed by atoms with E-state index in [0.29, 0.717) is 5.69 Å². The molecule has 2 aromatic heterocycles. The smallest absolute Gasteiger partial charge is 0.183 e. The van der Waals surface area contributed by atoms with Crippen molar-refractivity contribution in [2.75, 3.05) is 0 Å². The average Bonchev–Trinajstić information content (AvgIpc) is 2.60. The number of Topliss-reactive ketones (excluding diaryl/α,β-unsaturated/α-hetero) is 1. The second kappa shape index (κ2) is 3.25. The number of fused-ring (bicyclic) bond motifs is 1. The lowest BCUT2D eigenvalue weighted by atomic mass is 10.1. The normalized spacial score (nSPS) is 11.1. The van der Waals surface area contributed by atoms with E-state index in [2.05, 4.69) is 5.10 Å². The Balaban J connectivity index is 2.58. The monoisotopic (exact) mass is 188 g/mol. The molecule has 0 N–H and O–H groups in total. The van der Waals surface area contributed by atoms with Gasteiger partial charge in [-0.3, -0.25) is 4.79 Å². The fourth-order valence-corrected chi connectivity index (χ4v) is 1.43. The molecule has 0 bridgehead atoms. The molecule has 2 aromatic rings. The van der Waals surface area contributed by atoms with E-state index in [1.54, 1.807) is 10.7 Å². The third-order valence-corrected chi connectivity index (χ3v) is 2.20. The summed E-state index contributed by atoms with van der Waals surface area (Å²) in [6.07, 6.45) is 1.68. The molecule has 0 radical (unpaired) electrons. The van der Waals surface area contributed by atoms with Gasteiger partial charge in [-0.2, -0.15) is 5.10 Å². The number of hydrogen-bond acceptors (Lipinski definition) is 2. The maximum atomic E-state index is 11.8. The number of hydrogen-bond donors (Lipinski definition) is 0. The van der Waals surface area contributed by atoms with Crippen LogP contribution in [0.25, 0.3) is 5.52 Å². The molecule has 0 spiro atoms. The molecule has 0 atom stereocenters. The van der Waals surface area contributed by atoms with E-state index < -0.39 is 0 Å². The zero-order valence-corrected chi connectivity index (χ0v) is 8.27. The molecule has 0 aromatic carbocycles. The Bertz CT molecular complexity index is 471. The Morgan fingerprint density at radius 2 is 2.14 bits per heavy atom. The van der Waals surface area contributed by atoms with Gasteiger partial charge in [-0.25, -0.2) is 4.52 Å². The van der Waals surface area contributed by atoms with Crippen LogP contribution in [0.2, 0.25) is 0 Å². The lowest BCUT2D eigenvalue weighted by Crippen LogP contribution is -2.11. The SMILES string of the molecule is CC(C)C(=O)c1ccc2cccnn12. The minimum atomic E-state index is 0.00936. The van der Waals surface area contributed by atoms with E-state index >= 15 is 0 Å². The molecule has 14 heavy (non-hydrogen) atoms. The minimum absolute atomic E-state index is 0.00936. The Kier molecular flexibility index (Phi) is 2.08. The van der Waals surface area contributed by atoms with E-state index in [1.165, 1.54) is 0 Å². The summed E-state index contributed by atoms with van der Waals surface area (Å²) >= 11 is 0. The van der Waals surface area contributed by atoms with Crippen LogP contribution in [0.3, 0.4) is 0 Å². The van der Waals surface area contributed by atoms with Crippen molar-refractivity contribution >= 4 is 11.3 Å². The fraction of sp³-hybridized carbons (Fsp3) is 0.273. The van der Waals surface area contributed by atoms with Crippen molar-refractivity contribution in [1.29, 1.82) is 0 Å². The van der Waals surface area contributed by atoms with Gasteiger partial charge >= 0.3 is 0 Å². The maximum absolute atomic E-state index is 11.8. The highest BCUT2D eigenvalue weighted by Crippen LogP contribution is 2.12.